The van der Waals surface area contributed by atoms with Gasteiger partial charge in [0.05, 0.1) is 0 Å². The molecule has 0 saturated carbocycles. The fourth-order valence-corrected chi connectivity index (χ4v) is 2.59. The number of carbonyl (C=O) groups is 1. The van der Waals surface area contributed by atoms with E-state index in [2.05, 4.69) is 6.92 Å². The summed E-state index contributed by atoms with van der Waals surface area (Å²) in [6.07, 6.45) is 12.8. The van der Waals surface area contributed by atoms with Crippen molar-refractivity contribution < 1.29 is 15.0 Å². The number of unbranched alkanes of at least 4 members (excludes halogenated alkanes) is 9. The first kappa shape index (κ1) is 17.8. The van der Waals surface area contributed by atoms with E-state index in [1.54, 1.807) is 0 Å². The third-order valence-corrected chi connectivity index (χ3v) is 4.03. The zero-order valence-electron chi connectivity index (χ0n) is 11.6. The van der Waals surface area contributed by atoms with Gasteiger partial charge in [0.15, 0.2) is 5.44 Å². The van der Waals surface area contributed by atoms with Crippen molar-refractivity contribution in [1.82, 2.24) is 0 Å². The summed E-state index contributed by atoms with van der Waals surface area (Å²) in [4.78, 5) is 10.3. The highest BCUT2D eigenvalue weighted by molar-refractivity contribution is 8.00. The zero-order valence-corrected chi connectivity index (χ0v) is 12.4. The number of thioether (sulfide) groups is 1. The van der Waals surface area contributed by atoms with Crippen molar-refractivity contribution in [3.05, 3.63) is 0 Å². The molecule has 0 spiro atoms. The van der Waals surface area contributed by atoms with E-state index in [0.29, 0.717) is 0 Å². The highest BCUT2D eigenvalue weighted by Gasteiger charge is 2.11. The van der Waals surface area contributed by atoms with Crippen molar-refractivity contribution in [3.63, 3.8) is 0 Å². The molecular weight excluding hydrogens is 248 g/mol. The number of carboxylic acids is 1. The van der Waals surface area contributed by atoms with E-state index in [0.717, 1.165) is 30.4 Å². The number of hydrogen-bond donors (Lipinski definition) is 2. The first-order chi connectivity index (χ1) is 8.68. The van der Waals surface area contributed by atoms with Crippen LogP contribution in [-0.4, -0.2) is 27.4 Å². The van der Waals surface area contributed by atoms with E-state index in [9.17, 15) is 4.79 Å². The van der Waals surface area contributed by atoms with Gasteiger partial charge in [-0.1, -0.05) is 64.7 Å². The maximum Gasteiger partial charge on any atom is 0.343 e. The van der Waals surface area contributed by atoms with Gasteiger partial charge in [-0.2, -0.15) is 0 Å². The van der Waals surface area contributed by atoms with Crippen LogP contribution in [0.1, 0.15) is 71.1 Å². The number of hydrogen-bond acceptors (Lipinski definition) is 3. The van der Waals surface area contributed by atoms with Gasteiger partial charge >= 0.3 is 5.97 Å². The Morgan fingerprint density at radius 3 is 1.83 bits per heavy atom. The normalized spacial score (nSPS) is 12.6. The molecular formula is C14H28O3S. The molecule has 0 fully saturated rings. The molecule has 0 aromatic heterocycles. The quantitative estimate of drug-likeness (QED) is 0.394. The van der Waals surface area contributed by atoms with E-state index in [4.69, 9.17) is 10.2 Å². The van der Waals surface area contributed by atoms with E-state index in [1.807, 2.05) is 0 Å². The molecule has 0 saturated heterocycles. The SMILES string of the molecule is CCCCCCCCCCCCSC(O)C(=O)O. The molecule has 18 heavy (non-hydrogen) atoms. The highest BCUT2D eigenvalue weighted by atomic mass is 32.2. The second-order valence-electron chi connectivity index (χ2n) is 4.74. The lowest BCUT2D eigenvalue weighted by Gasteiger charge is -2.05. The number of aliphatic carboxylic acids is 1. The van der Waals surface area contributed by atoms with Crippen molar-refractivity contribution in [2.45, 2.75) is 76.6 Å². The summed E-state index contributed by atoms with van der Waals surface area (Å²) in [5.41, 5.74) is -1.25. The van der Waals surface area contributed by atoms with Crippen molar-refractivity contribution in [3.8, 4) is 0 Å². The van der Waals surface area contributed by atoms with Gasteiger partial charge in [-0.05, 0) is 12.2 Å². The predicted molar refractivity (Wildman–Crippen MR) is 77.9 cm³/mol. The van der Waals surface area contributed by atoms with E-state index < -0.39 is 11.4 Å². The Kier molecular flexibility index (Phi) is 13.1. The van der Waals surface area contributed by atoms with Crippen LogP contribution in [-0.2, 0) is 4.79 Å². The van der Waals surface area contributed by atoms with Gasteiger partial charge in [-0.15, -0.1) is 11.8 Å². The van der Waals surface area contributed by atoms with Crippen LogP contribution >= 0.6 is 11.8 Å². The Balaban J connectivity index is 3.05. The largest absolute Gasteiger partial charge is 0.479 e. The molecule has 4 heteroatoms. The second kappa shape index (κ2) is 13.2. The molecule has 0 bridgehead atoms. The standard InChI is InChI=1S/C14H28O3S/c1-2-3-4-5-6-7-8-9-10-11-12-18-14(17)13(15)16/h14,17H,2-12H2,1H3,(H,15,16). The molecule has 3 nitrogen and oxygen atoms in total. The van der Waals surface area contributed by atoms with Crippen molar-refractivity contribution in [1.29, 1.82) is 0 Å². The van der Waals surface area contributed by atoms with Crippen molar-refractivity contribution in [2.24, 2.45) is 0 Å². The summed E-state index contributed by atoms with van der Waals surface area (Å²) in [7, 11) is 0. The Hall–Kier alpha value is -0.220. The minimum atomic E-state index is -1.25. The molecule has 0 amide bonds. The Morgan fingerprint density at radius 2 is 1.39 bits per heavy atom. The third kappa shape index (κ3) is 12.2. The van der Waals surface area contributed by atoms with Crippen LogP contribution in [0.5, 0.6) is 0 Å². The van der Waals surface area contributed by atoms with Crippen LogP contribution in [0.2, 0.25) is 0 Å². The van der Waals surface area contributed by atoms with Gasteiger partial charge in [0, 0.05) is 0 Å². The lowest BCUT2D eigenvalue weighted by Crippen LogP contribution is -2.15. The molecule has 0 aliphatic carbocycles. The molecule has 0 heterocycles. The molecule has 0 radical (unpaired) electrons. The molecule has 2 N–H and O–H groups in total. The molecule has 0 aliphatic rings. The fourth-order valence-electron chi connectivity index (χ4n) is 1.86. The number of aliphatic hydroxyl groups is 1. The first-order valence-corrected chi connectivity index (χ1v) is 8.25. The molecule has 0 aromatic carbocycles. The van der Waals surface area contributed by atoms with Crippen LogP contribution in [0, 0.1) is 0 Å². The third-order valence-electron chi connectivity index (χ3n) is 2.98. The average molecular weight is 276 g/mol. The second-order valence-corrected chi connectivity index (χ2v) is 5.93. The summed E-state index contributed by atoms with van der Waals surface area (Å²) >= 11 is 1.12. The van der Waals surface area contributed by atoms with Gasteiger partial charge in [-0.3, -0.25) is 0 Å². The summed E-state index contributed by atoms with van der Waals surface area (Å²) in [5.74, 6) is -0.392. The number of rotatable bonds is 13. The van der Waals surface area contributed by atoms with E-state index in [1.165, 1.54) is 51.4 Å². The lowest BCUT2D eigenvalue weighted by atomic mass is 10.1. The molecule has 0 rings (SSSR count). The van der Waals surface area contributed by atoms with Crippen LogP contribution in [0.3, 0.4) is 0 Å². The average Bonchev–Trinajstić information content (AvgIpc) is 2.35. The number of aliphatic hydroxyl groups excluding tert-OH is 1. The summed E-state index contributed by atoms with van der Waals surface area (Å²) < 4.78 is 0. The minimum absolute atomic E-state index is 0.740. The first-order valence-electron chi connectivity index (χ1n) is 7.21. The molecule has 0 aliphatic heterocycles. The number of carboxylic acid groups (broad SMARTS) is 1. The Labute approximate surface area is 115 Å². The van der Waals surface area contributed by atoms with Gasteiger partial charge in [0.2, 0.25) is 0 Å². The fraction of sp³-hybridized carbons (Fsp3) is 0.929. The highest BCUT2D eigenvalue weighted by Crippen LogP contribution is 2.14. The Morgan fingerprint density at radius 1 is 0.944 bits per heavy atom. The zero-order chi connectivity index (χ0) is 13.6. The molecule has 108 valence electrons. The molecule has 1 atom stereocenters. The predicted octanol–water partition coefficient (Wildman–Crippen LogP) is 4.04. The summed E-state index contributed by atoms with van der Waals surface area (Å²) in [5, 5.41) is 17.5. The monoisotopic (exact) mass is 276 g/mol. The van der Waals surface area contributed by atoms with E-state index >= 15 is 0 Å². The van der Waals surface area contributed by atoms with E-state index in [-0.39, 0.29) is 0 Å². The maximum absolute atomic E-state index is 10.3. The smallest absolute Gasteiger partial charge is 0.343 e. The summed E-state index contributed by atoms with van der Waals surface area (Å²) in [6, 6.07) is 0. The van der Waals surface area contributed by atoms with Crippen molar-refractivity contribution in [2.75, 3.05) is 5.75 Å². The van der Waals surface area contributed by atoms with Crippen molar-refractivity contribution >= 4 is 17.7 Å². The molecule has 1 unspecified atom stereocenters. The maximum atomic E-state index is 10.3. The van der Waals surface area contributed by atoms with Crippen LogP contribution in [0.15, 0.2) is 0 Å². The van der Waals surface area contributed by atoms with Gasteiger partial charge in [0.25, 0.3) is 0 Å². The summed E-state index contributed by atoms with van der Waals surface area (Å²) in [6.45, 7) is 2.24. The Bertz CT molecular complexity index is 197. The van der Waals surface area contributed by atoms with Gasteiger partial charge in [0.1, 0.15) is 0 Å². The molecule has 0 aromatic rings. The van der Waals surface area contributed by atoms with Gasteiger partial charge < -0.3 is 10.2 Å². The van der Waals surface area contributed by atoms with Crippen LogP contribution < -0.4 is 0 Å². The van der Waals surface area contributed by atoms with Crippen LogP contribution in [0.25, 0.3) is 0 Å². The van der Waals surface area contributed by atoms with Crippen LogP contribution in [0.4, 0.5) is 0 Å². The minimum Gasteiger partial charge on any atom is -0.479 e. The topological polar surface area (TPSA) is 57.5 Å². The van der Waals surface area contributed by atoms with Gasteiger partial charge in [-0.25, -0.2) is 4.79 Å². The lowest BCUT2D eigenvalue weighted by molar-refractivity contribution is -0.141.